The number of fused-ring (bicyclic) bond motifs is 3. The summed E-state index contributed by atoms with van der Waals surface area (Å²) in [5, 5.41) is 0. The number of carbonyl (C=O) groups excluding carboxylic acids is 1. The van der Waals surface area contributed by atoms with Gasteiger partial charge in [-0.25, -0.2) is 9.78 Å². The second-order valence-electron chi connectivity index (χ2n) is 4.06. The zero-order chi connectivity index (χ0) is 11.8. The highest BCUT2D eigenvalue weighted by Crippen LogP contribution is 2.20. The van der Waals surface area contributed by atoms with E-state index in [4.69, 9.17) is 4.74 Å². The van der Waals surface area contributed by atoms with Gasteiger partial charge in [0.25, 0.3) is 0 Å². The Morgan fingerprint density at radius 3 is 3.00 bits per heavy atom. The zero-order valence-corrected chi connectivity index (χ0v) is 9.59. The highest BCUT2D eigenvalue weighted by molar-refractivity contribution is 5.76. The van der Waals surface area contributed by atoms with Crippen molar-refractivity contribution in [3.8, 4) is 0 Å². The van der Waals surface area contributed by atoms with Gasteiger partial charge in [-0.2, -0.15) is 0 Å². The average molecular weight is 231 g/mol. The van der Waals surface area contributed by atoms with Crippen molar-refractivity contribution in [2.75, 3.05) is 13.7 Å². The van der Waals surface area contributed by atoms with Crippen LogP contribution in [0.2, 0.25) is 0 Å². The van der Waals surface area contributed by atoms with E-state index in [0.717, 1.165) is 23.4 Å². The quantitative estimate of drug-likeness (QED) is 0.692. The van der Waals surface area contributed by atoms with Gasteiger partial charge in [-0.05, 0) is 12.1 Å². The fraction of sp³-hybridized carbons (Fsp3) is 0.333. The lowest BCUT2D eigenvalue weighted by molar-refractivity contribution is 0.112. The Kier molecular flexibility index (Phi) is 2.24. The van der Waals surface area contributed by atoms with Gasteiger partial charge in [0.05, 0.1) is 24.7 Å². The Morgan fingerprint density at radius 2 is 2.18 bits per heavy atom. The number of hydrogen-bond acceptors (Lipinski definition) is 3. The summed E-state index contributed by atoms with van der Waals surface area (Å²) in [5.41, 5.74) is 2.11. The smallest absolute Gasteiger partial charge is 0.409 e. The van der Waals surface area contributed by atoms with Gasteiger partial charge in [0.1, 0.15) is 5.82 Å². The first-order valence-corrected chi connectivity index (χ1v) is 5.56. The lowest BCUT2D eigenvalue weighted by Gasteiger charge is -2.26. The molecule has 0 aliphatic carbocycles. The molecule has 1 aliphatic heterocycles. The number of rotatable bonds is 0. The molecule has 0 unspecified atom stereocenters. The minimum Gasteiger partial charge on any atom is -0.453 e. The van der Waals surface area contributed by atoms with Gasteiger partial charge in [0.15, 0.2) is 0 Å². The molecule has 0 saturated carbocycles. The van der Waals surface area contributed by atoms with Gasteiger partial charge in [-0.1, -0.05) is 12.1 Å². The molecule has 1 amide bonds. The summed E-state index contributed by atoms with van der Waals surface area (Å²) >= 11 is 0. The molecule has 0 spiro atoms. The lowest BCUT2D eigenvalue weighted by atomic mass is 10.3. The molecule has 5 heteroatoms. The average Bonchev–Trinajstić information content (AvgIpc) is 2.75. The van der Waals surface area contributed by atoms with Crippen molar-refractivity contribution in [3.63, 3.8) is 0 Å². The van der Waals surface area contributed by atoms with E-state index in [-0.39, 0.29) is 6.09 Å². The van der Waals surface area contributed by atoms with Gasteiger partial charge in [0, 0.05) is 13.1 Å². The Balaban J connectivity index is 2.00. The van der Waals surface area contributed by atoms with Crippen LogP contribution in [0.25, 0.3) is 11.0 Å². The predicted octanol–water partition coefficient (Wildman–Crippen LogP) is 1.62. The van der Waals surface area contributed by atoms with Crippen LogP contribution in [0.4, 0.5) is 4.79 Å². The number of aromatic nitrogens is 2. The maximum atomic E-state index is 11.5. The molecule has 1 aromatic heterocycles. The lowest BCUT2D eigenvalue weighted by Crippen LogP contribution is -2.38. The number of para-hydroxylation sites is 2. The number of carbonyl (C=O) groups is 1. The number of hydrogen-bond donors (Lipinski definition) is 0. The minimum atomic E-state index is -0.289. The summed E-state index contributed by atoms with van der Waals surface area (Å²) < 4.78 is 6.89. The number of ether oxygens (including phenoxy) is 1. The highest BCUT2D eigenvalue weighted by atomic mass is 16.5. The van der Waals surface area contributed by atoms with Gasteiger partial charge in [0.2, 0.25) is 0 Å². The summed E-state index contributed by atoms with van der Waals surface area (Å²) in [6.07, 6.45) is -0.289. The van der Waals surface area contributed by atoms with E-state index in [0.29, 0.717) is 13.1 Å². The van der Waals surface area contributed by atoms with E-state index in [1.807, 2.05) is 18.2 Å². The first-order valence-electron chi connectivity index (χ1n) is 5.56. The third-order valence-corrected chi connectivity index (χ3v) is 3.09. The summed E-state index contributed by atoms with van der Waals surface area (Å²) in [4.78, 5) is 17.7. The molecule has 17 heavy (non-hydrogen) atoms. The van der Waals surface area contributed by atoms with Crippen molar-refractivity contribution in [2.24, 2.45) is 0 Å². The van der Waals surface area contributed by atoms with Crippen LogP contribution in [0.15, 0.2) is 24.3 Å². The second kappa shape index (κ2) is 3.76. The first-order chi connectivity index (χ1) is 8.29. The fourth-order valence-corrected chi connectivity index (χ4v) is 2.25. The molecule has 0 fully saturated rings. The number of imidazole rings is 1. The zero-order valence-electron chi connectivity index (χ0n) is 9.59. The third-order valence-electron chi connectivity index (χ3n) is 3.09. The Hall–Kier alpha value is -2.04. The van der Waals surface area contributed by atoms with Crippen molar-refractivity contribution in [1.82, 2.24) is 14.5 Å². The molecule has 3 rings (SSSR count). The Labute approximate surface area is 98.6 Å². The minimum absolute atomic E-state index is 0.289. The second-order valence-corrected chi connectivity index (χ2v) is 4.06. The Bertz CT molecular complexity index is 576. The number of nitrogens with zero attached hydrogens (tertiary/aromatic N) is 3. The largest absolute Gasteiger partial charge is 0.453 e. The normalized spacial score (nSPS) is 14.8. The van der Waals surface area contributed by atoms with E-state index >= 15 is 0 Å². The van der Waals surface area contributed by atoms with Crippen molar-refractivity contribution in [2.45, 2.75) is 13.1 Å². The van der Waals surface area contributed by atoms with E-state index in [2.05, 4.69) is 15.6 Å². The molecule has 0 radical (unpaired) electrons. The van der Waals surface area contributed by atoms with E-state index in [1.54, 1.807) is 4.90 Å². The van der Waals surface area contributed by atoms with Crippen LogP contribution in [-0.2, 0) is 17.8 Å². The van der Waals surface area contributed by atoms with E-state index in [9.17, 15) is 4.79 Å². The maximum absolute atomic E-state index is 11.5. The molecule has 0 N–H and O–H groups in total. The molecule has 2 heterocycles. The monoisotopic (exact) mass is 231 g/mol. The molecular weight excluding hydrogens is 218 g/mol. The van der Waals surface area contributed by atoms with Crippen molar-refractivity contribution < 1.29 is 9.53 Å². The standard InChI is InChI=1S/C12H13N3O2/c1-17-12(16)14-6-7-15-10-5-3-2-4-9(10)13-11(15)8-14/h2-5H,6-8H2,1H3. The molecule has 0 bridgehead atoms. The topological polar surface area (TPSA) is 47.4 Å². The van der Waals surface area contributed by atoms with Crippen LogP contribution in [0.5, 0.6) is 0 Å². The molecular formula is C12H13N3O2. The van der Waals surface area contributed by atoms with Crippen LogP contribution in [0, 0.1) is 0 Å². The predicted molar refractivity (Wildman–Crippen MR) is 62.5 cm³/mol. The molecule has 2 aromatic rings. The third kappa shape index (κ3) is 1.54. The summed E-state index contributed by atoms with van der Waals surface area (Å²) in [5.74, 6) is 0.919. The van der Waals surface area contributed by atoms with E-state index in [1.165, 1.54) is 7.11 Å². The van der Waals surface area contributed by atoms with Crippen LogP contribution in [0.1, 0.15) is 5.82 Å². The van der Waals surface area contributed by atoms with Crippen LogP contribution in [0.3, 0.4) is 0 Å². The summed E-state index contributed by atoms with van der Waals surface area (Å²) in [6, 6.07) is 8.02. The Morgan fingerprint density at radius 1 is 1.35 bits per heavy atom. The molecule has 1 aromatic carbocycles. The maximum Gasteiger partial charge on any atom is 0.409 e. The van der Waals surface area contributed by atoms with Crippen molar-refractivity contribution in [3.05, 3.63) is 30.1 Å². The molecule has 0 atom stereocenters. The van der Waals surface area contributed by atoms with Gasteiger partial charge >= 0.3 is 6.09 Å². The fourth-order valence-electron chi connectivity index (χ4n) is 2.25. The van der Waals surface area contributed by atoms with Gasteiger partial charge in [-0.15, -0.1) is 0 Å². The van der Waals surface area contributed by atoms with Crippen molar-refractivity contribution >= 4 is 17.1 Å². The number of methoxy groups -OCH3 is 1. The van der Waals surface area contributed by atoms with Gasteiger partial charge < -0.3 is 9.30 Å². The number of amides is 1. The van der Waals surface area contributed by atoms with Crippen LogP contribution in [-0.4, -0.2) is 34.2 Å². The molecule has 5 nitrogen and oxygen atoms in total. The molecule has 88 valence electrons. The van der Waals surface area contributed by atoms with Crippen molar-refractivity contribution in [1.29, 1.82) is 0 Å². The highest BCUT2D eigenvalue weighted by Gasteiger charge is 2.23. The molecule has 0 saturated heterocycles. The number of benzene rings is 1. The van der Waals surface area contributed by atoms with E-state index < -0.39 is 0 Å². The van der Waals surface area contributed by atoms with Crippen LogP contribution >= 0.6 is 0 Å². The van der Waals surface area contributed by atoms with Crippen LogP contribution < -0.4 is 0 Å². The summed E-state index contributed by atoms with van der Waals surface area (Å²) in [7, 11) is 1.40. The summed E-state index contributed by atoms with van der Waals surface area (Å²) in [6.45, 7) is 1.95. The molecule has 1 aliphatic rings. The SMILES string of the molecule is COC(=O)N1CCn2c(nc3ccccc32)C1. The first kappa shape index (κ1) is 10.1. The van der Waals surface area contributed by atoms with Gasteiger partial charge in [-0.3, -0.25) is 4.90 Å².